The molecule has 1 saturated heterocycles. The third kappa shape index (κ3) is 2.95. The lowest BCUT2D eigenvalue weighted by molar-refractivity contribution is -0.928. The zero-order chi connectivity index (χ0) is 12.3. The number of hydrogen-bond donors (Lipinski definition) is 1. The van der Waals surface area contributed by atoms with Crippen molar-refractivity contribution in [3.63, 3.8) is 0 Å². The summed E-state index contributed by atoms with van der Waals surface area (Å²) in [5.74, 6) is 0.676. The Kier molecular flexibility index (Phi) is 3.95. The topological polar surface area (TPSA) is 21.5 Å². The SMILES string of the molecule is C[C@@H]1[C@@H](C)C(=O)CC[NH+]1CCc1ccccc1. The van der Waals surface area contributed by atoms with Gasteiger partial charge in [0.15, 0.2) is 0 Å². The summed E-state index contributed by atoms with van der Waals surface area (Å²) in [6.07, 6.45) is 1.87. The maximum Gasteiger partial charge on any atom is 0.147 e. The Hall–Kier alpha value is -1.15. The summed E-state index contributed by atoms with van der Waals surface area (Å²) in [6, 6.07) is 11.1. The largest absolute Gasteiger partial charge is 0.332 e. The molecule has 0 saturated carbocycles. The normalized spacial score (nSPS) is 29.3. The minimum atomic E-state index is 0.231. The molecule has 1 heterocycles. The van der Waals surface area contributed by atoms with Crippen molar-refractivity contribution in [2.45, 2.75) is 32.7 Å². The van der Waals surface area contributed by atoms with Crippen LogP contribution in [0.4, 0.5) is 0 Å². The Morgan fingerprint density at radius 3 is 2.65 bits per heavy atom. The fraction of sp³-hybridized carbons (Fsp3) is 0.533. The summed E-state index contributed by atoms with van der Waals surface area (Å²) < 4.78 is 0. The number of benzene rings is 1. The van der Waals surface area contributed by atoms with Crippen molar-refractivity contribution in [2.75, 3.05) is 13.1 Å². The summed E-state index contributed by atoms with van der Waals surface area (Å²) >= 11 is 0. The number of rotatable bonds is 3. The molecule has 17 heavy (non-hydrogen) atoms. The van der Waals surface area contributed by atoms with Crippen molar-refractivity contribution in [3.8, 4) is 0 Å². The molecule has 1 N–H and O–H groups in total. The Morgan fingerprint density at radius 2 is 1.94 bits per heavy atom. The molecule has 0 bridgehead atoms. The van der Waals surface area contributed by atoms with Crippen molar-refractivity contribution in [3.05, 3.63) is 35.9 Å². The molecule has 1 fully saturated rings. The first-order valence-electron chi connectivity index (χ1n) is 6.59. The Labute approximate surface area is 104 Å². The van der Waals surface area contributed by atoms with Crippen LogP contribution in [-0.4, -0.2) is 24.9 Å². The molecule has 3 atom stereocenters. The zero-order valence-corrected chi connectivity index (χ0v) is 10.8. The number of hydrogen-bond acceptors (Lipinski definition) is 1. The number of Topliss-reactive ketones (excluding diaryl/α,β-unsaturated/α-hetero) is 1. The van der Waals surface area contributed by atoms with Gasteiger partial charge in [0.2, 0.25) is 0 Å². The molecule has 1 aliphatic rings. The molecule has 0 radical (unpaired) electrons. The lowest BCUT2D eigenvalue weighted by Crippen LogP contribution is -3.17. The van der Waals surface area contributed by atoms with Crippen LogP contribution < -0.4 is 4.90 Å². The van der Waals surface area contributed by atoms with Gasteiger partial charge in [-0.25, -0.2) is 0 Å². The number of carbonyl (C=O) groups excluding carboxylic acids is 1. The van der Waals surface area contributed by atoms with Crippen molar-refractivity contribution < 1.29 is 9.69 Å². The van der Waals surface area contributed by atoms with Crippen LogP contribution in [0.3, 0.4) is 0 Å². The molecule has 0 amide bonds. The number of quaternary nitrogens is 1. The van der Waals surface area contributed by atoms with Crippen LogP contribution in [0.15, 0.2) is 30.3 Å². The number of carbonyl (C=O) groups is 1. The second-order valence-corrected chi connectivity index (χ2v) is 5.19. The molecule has 1 aromatic carbocycles. The van der Waals surface area contributed by atoms with Gasteiger partial charge < -0.3 is 4.90 Å². The van der Waals surface area contributed by atoms with Gasteiger partial charge in [0.25, 0.3) is 0 Å². The molecule has 2 nitrogen and oxygen atoms in total. The maximum absolute atomic E-state index is 11.6. The molecular weight excluding hydrogens is 210 g/mol. The van der Waals surface area contributed by atoms with Crippen LogP contribution in [0.1, 0.15) is 25.8 Å². The van der Waals surface area contributed by atoms with Crippen LogP contribution in [0.5, 0.6) is 0 Å². The number of ketones is 1. The Bertz CT molecular complexity index is 374. The van der Waals surface area contributed by atoms with E-state index >= 15 is 0 Å². The van der Waals surface area contributed by atoms with Crippen molar-refractivity contribution in [2.24, 2.45) is 5.92 Å². The molecule has 1 unspecified atom stereocenters. The molecule has 1 aliphatic heterocycles. The highest BCUT2D eigenvalue weighted by atomic mass is 16.1. The van der Waals surface area contributed by atoms with Gasteiger partial charge in [-0.05, 0) is 19.4 Å². The molecule has 1 aromatic rings. The Morgan fingerprint density at radius 1 is 1.24 bits per heavy atom. The van der Waals surface area contributed by atoms with E-state index in [0.29, 0.717) is 11.8 Å². The van der Waals surface area contributed by atoms with Crippen molar-refractivity contribution >= 4 is 5.78 Å². The Balaban J connectivity index is 1.89. The second-order valence-electron chi connectivity index (χ2n) is 5.19. The molecule has 2 rings (SSSR count). The highest BCUT2D eigenvalue weighted by Crippen LogP contribution is 2.08. The fourth-order valence-electron chi connectivity index (χ4n) is 2.67. The molecule has 0 aromatic heterocycles. The van der Waals surface area contributed by atoms with Crippen LogP contribution in [0.2, 0.25) is 0 Å². The lowest BCUT2D eigenvalue weighted by Gasteiger charge is -2.33. The van der Waals surface area contributed by atoms with E-state index in [0.717, 1.165) is 25.9 Å². The maximum atomic E-state index is 11.6. The van der Waals surface area contributed by atoms with Gasteiger partial charge in [-0.1, -0.05) is 30.3 Å². The van der Waals surface area contributed by atoms with Gasteiger partial charge >= 0.3 is 0 Å². The standard InChI is InChI=1S/C15H21NO/c1-12-13(2)16(11-9-15(12)17)10-8-14-6-4-3-5-7-14/h3-7,12-13H,8-11H2,1-2H3/p+1/t12-,13-/m1/s1. The molecule has 92 valence electrons. The zero-order valence-electron chi connectivity index (χ0n) is 10.8. The van der Waals surface area contributed by atoms with E-state index in [1.807, 2.05) is 0 Å². The average molecular weight is 232 g/mol. The number of likely N-dealkylation sites (tertiary alicyclic amines) is 1. The van der Waals surface area contributed by atoms with Gasteiger partial charge in [0.1, 0.15) is 5.78 Å². The van der Waals surface area contributed by atoms with Gasteiger partial charge in [-0.2, -0.15) is 0 Å². The fourth-order valence-corrected chi connectivity index (χ4v) is 2.67. The highest BCUT2D eigenvalue weighted by molar-refractivity contribution is 5.81. The molecule has 0 spiro atoms. The summed E-state index contributed by atoms with van der Waals surface area (Å²) in [4.78, 5) is 13.2. The van der Waals surface area contributed by atoms with Gasteiger partial charge in [0, 0.05) is 6.42 Å². The minimum absolute atomic E-state index is 0.231. The monoisotopic (exact) mass is 232 g/mol. The van der Waals surface area contributed by atoms with Crippen LogP contribution in [-0.2, 0) is 11.2 Å². The van der Waals surface area contributed by atoms with E-state index in [2.05, 4.69) is 44.2 Å². The molecular formula is C15H22NO+. The third-order valence-electron chi connectivity index (χ3n) is 4.17. The van der Waals surface area contributed by atoms with Crippen LogP contribution in [0, 0.1) is 5.92 Å². The van der Waals surface area contributed by atoms with E-state index in [4.69, 9.17) is 0 Å². The smallest absolute Gasteiger partial charge is 0.147 e. The van der Waals surface area contributed by atoms with Gasteiger partial charge in [0.05, 0.1) is 31.5 Å². The molecule has 0 aliphatic carbocycles. The summed E-state index contributed by atoms with van der Waals surface area (Å²) in [5.41, 5.74) is 1.40. The predicted molar refractivity (Wildman–Crippen MR) is 69.1 cm³/mol. The van der Waals surface area contributed by atoms with E-state index in [-0.39, 0.29) is 5.92 Å². The van der Waals surface area contributed by atoms with E-state index in [9.17, 15) is 4.79 Å². The van der Waals surface area contributed by atoms with Crippen LogP contribution in [0.25, 0.3) is 0 Å². The first-order chi connectivity index (χ1) is 8.18. The second kappa shape index (κ2) is 5.46. The van der Waals surface area contributed by atoms with E-state index in [1.54, 1.807) is 4.90 Å². The molecule has 2 heteroatoms. The average Bonchev–Trinajstić information content (AvgIpc) is 2.36. The first kappa shape index (κ1) is 12.3. The van der Waals surface area contributed by atoms with Crippen LogP contribution >= 0.6 is 0 Å². The summed E-state index contributed by atoms with van der Waals surface area (Å²) in [7, 11) is 0. The highest BCUT2D eigenvalue weighted by Gasteiger charge is 2.33. The van der Waals surface area contributed by atoms with E-state index < -0.39 is 0 Å². The third-order valence-corrected chi connectivity index (χ3v) is 4.17. The van der Waals surface area contributed by atoms with Gasteiger partial charge in [-0.3, -0.25) is 4.79 Å². The number of nitrogens with one attached hydrogen (secondary N) is 1. The number of piperidine rings is 1. The summed E-state index contributed by atoms with van der Waals surface area (Å²) in [5, 5.41) is 0. The summed E-state index contributed by atoms with van der Waals surface area (Å²) in [6.45, 7) is 6.44. The quantitative estimate of drug-likeness (QED) is 0.828. The van der Waals surface area contributed by atoms with Crippen molar-refractivity contribution in [1.82, 2.24) is 0 Å². The van der Waals surface area contributed by atoms with E-state index in [1.165, 1.54) is 5.56 Å². The minimum Gasteiger partial charge on any atom is -0.332 e. The predicted octanol–water partition coefficient (Wildman–Crippen LogP) is 1.11. The lowest BCUT2D eigenvalue weighted by atomic mass is 9.90. The first-order valence-corrected chi connectivity index (χ1v) is 6.59. The van der Waals surface area contributed by atoms with Crippen molar-refractivity contribution in [1.29, 1.82) is 0 Å². The van der Waals surface area contributed by atoms with Gasteiger partial charge in [-0.15, -0.1) is 0 Å².